The van der Waals surface area contributed by atoms with E-state index in [1.807, 2.05) is 30.3 Å². The van der Waals surface area contributed by atoms with Crippen LogP contribution in [0.4, 0.5) is 5.69 Å². The van der Waals surface area contributed by atoms with Crippen molar-refractivity contribution in [3.05, 3.63) is 71.8 Å². The van der Waals surface area contributed by atoms with Gasteiger partial charge < -0.3 is 15.4 Å². The molecule has 2 N–H and O–H groups in total. The van der Waals surface area contributed by atoms with Crippen LogP contribution in [0.1, 0.15) is 28.8 Å². The van der Waals surface area contributed by atoms with Gasteiger partial charge in [0.25, 0.3) is 5.91 Å². The van der Waals surface area contributed by atoms with E-state index in [1.54, 1.807) is 30.3 Å². The van der Waals surface area contributed by atoms with E-state index in [-0.39, 0.29) is 17.9 Å². The number of ether oxygens (including phenoxy) is 1. The maximum absolute atomic E-state index is 12.4. The summed E-state index contributed by atoms with van der Waals surface area (Å²) in [6.45, 7) is 1.23. The third kappa shape index (κ3) is 5.04. The van der Waals surface area contributed by atoms with Crippen LogP contribution in [-0.4, -0.2) is 31.1 Å². The van der Waals surface area contributed by atoms with Gasteiger partial charge in [-0.3, -0.25) is 9.59 Å². The minimum absolute atomic E-state index is 0.0782. The molecule has 1 fully saturated rings. The van der Waals surface area contributed by atoms with Gasteiger partial charge in [-0.15, -0.1) is 0 Å². The van der Waals surface area contributed by atoms with Crippen LogP contribution in [0.25, 0.3) is 6.08 Å². The van der Waals surface area contributed by atoms with Gasteiger partial charge in [-0.2, -0.15) is 0 Å². The predicted molar refractivity (Wildman–Crippen MR) is 102 cm³/mol. The maximum atomic E-state index is 12.4. The van der Waals surface area contributed by atoms with Crippen molar-refractivity contribution < 1.29 is 14.3 Å². The standard InChI is InChI=1S/C21H22N2O3/c24-20(13-12-16-7-2-1-3-8-16)23-19-11-5-4-10-18(19)21(25)22-15-17-9-6-14-26-17/h1-5,7-8,10-13,17H,6,9,14-15H2,(H,22,25)(H,23,24)/b13-12+/t17-/m1/s1. The van der Waals surface area contributed by atoms with Crippen molar-refractivity contribution in [1.82, 2.24) is 5.32 Å². The normalized spacial score (nSPS) is 16.5. The average molecular weight is 350 g/mol. The summed E-state index contributed by atoms with van der Waals surface area (Å²) in [6, 6.07) is 16.5. The molecular formula is C21H22N2O3. The first-order valence-electron chi connectivity index (χ1n) is 8.75. The lowest BCUT2D eigenvalue weighted by Gasteiger charge is -2.13. The second kappa shape index (κ2) is 8.97. The molecule has 1 saturated heterocycles. The van der Waals surface area contributed by atoms with E-state index in [0.29, 0.717) is 17.8 Å². The molecule has 5 nitrogen and oxygen atoms in total. The summed E-state index contributed by atoms with van der Waals surface area (Å²) >= 11 is 0. The van der Waals surface area contributed by atoms with E-state index in [2.05, 4.69) is 10.6 Å². The Kier molecular flexibility index (Phi) is 6.17. The van der Waals surface area contributed by atoms with Crippen molar-refractivity contribution in [2.45, 2.75) is 18.9 Å². The fraction of sp³-hybridized carbons (Fsp3) is 0.238. The number of benzene rings is 2. The van der Waals surface area contributed by atoms with Crippen LogP contribution in [0.2, 0.25) is 0 Å². The van der Waals surface area contributed by atoms with Gasteiger partial charge in [0.05, 0.1) is 17.4 Å². The van der Waals surface area contributed by atoms with E-state index < -0.39 is 0 Å². The zero-order valence-electron chi connectivity index (χ0n) is 14.5. The summed E-state index contributed by atoms with van der Waals surface area (Å²) < 4.78 is 5.51. The summed E-state index contributed by atoms with van der Waals surface area (Å²) in [4.78, 5) is 24.6. The Bertz CT molecular complexity index is 781. The van der Waals surface area contributed by atoms with Crippen LogP contribution in [0.15, 0.2) is 60.7 Å². The highest BCUT2D eigenvalue weighted by atomic mass is 16.5. The summed E-state index contributed by atoms with van der Waals surface area (Å²) in [5.41, 5.74) is 1.86. The first-order chi connectivity index (χ1) is 12.7. The molecule has 1 heterocycles. The molecule has 1 aliphatic heterocycles. The molecule has 0 spiro atoms. The van der Waals surface area contributed by atoms with Crippen LogP contribution in [-0.2, 0) is 9.53 Å². The topological polar surface area (TPSA) is 67.4 Å². The molecule has 26 heavy (non-hydrogen) atoms. The highest BCUT2D eigenvalue weighted by Gasteiger charge is 2.18. The molecule has 0 aromatic heterocycles. The number of carbonyl (C=O) groups is 2. The Hall–Kier alpha value is -2.92. The van der Waals surface area contributed by atoms with Crippen LogP contribution in [0, 0.1) is 0 Å². The lowest BCUT2D eigenvalue weighted by molar-refractivity contribution is -0.111. The van der Waals surface area contributed by atoms with E-state index in [4.69, 9.17) is 4.74 Å². The fourth-order valence-electron chi connectivity index (χ4n) is 2.81. The van der Waals surface area contributed by atoms with Crippen LogP contribution >= 0.6 is 0 Å². The average Bonchev–Trinajstić information content (AvgIpc) is 3.19. The maximum Gasteiger partial charge on any atom is 0.253 e. The van der Waals surface area contributed by atoms with Crippen molar-refractivity contribution >= 4 is 23.6 Å². The van der Waals surface area contributed by atoms with Gasteiger partial charge in [0.1, 0.15) is 0 Å². The Morgan fingerprint density at radius 2 is 1.85 bits per heavy atom. The molecule has 2 aromatic carbocycles. The van der Waals surface area contributed by atoms with Gasteiger partial charge in [0.15, 0.2) is 0 Å². The number of carbonyl (C=O) groups excluding carboxylic acids is 2. The second-order valence-corrected chi connectivity index (χ2v) is 6.12. The summed E-state index contributed by atoms with van der Waals surface area (Å²) in [6.07, 6.45) is 5.25. The molecule has 1 atom stereocenters. The van der Waals surface area contributed by atoms with Gasteiger partial charge in [-0.25, -0.2) is 0 Å². The number of hydrogen-bond acceptors (Lipinski definition) is 3. The van der Waals surface area contributed by atoms with Gasteiger partial charge in [-0.1, -0.05) is 42.5 Å². The number of para-hydroxylation sites is 1. The molecule has 3 rings (SSSR count). The van der Waals surface area contributed by atoms with Gasteiger partial charge in [0, 0.05) is 19.2 Å². The monoisotopic (exact) mass is 350 g/mol. The number of nitrogens with one attached hydrogen (secondary N) is 2. The summed E-state index contributed by atoms with van der Waals surface area (Å²) in [5.74, 6) is -0.503. The largest absolute Gasteiger partial charge is 0.376 e. The molecule has 0 bridgehead atoms. The number of hydrogen-bond donors (Lipinski definition) is 2. The third-order valence-electron chi connectivity index (χ3n) is 4.17. The van der Waals surface area contributed by atoms with Crippen LogP contribution in [0.3, 0.4) is 0 Å². The van der Waals surface area contributed by atoms with E-state index >= 15 is 0 Å². The van der Waals surface area contributed by atoms with E-state index in [1.165, 1.54) is 6.08 Å². The molecule has 5 heteroatoms. The smallest absolute Gasteiger partial charge is 0.253 e. The minimum Gasteiger partial charge on any atom is -0.376 e. The van der Waals surface area contributed by atoms with Crippen molar-refractivity contribution in [1.29, 1.82) is 0 Å². The highest BCUT2D eigenvalue weighted by Crippen LogP contribution is 2.16. The highest BCUT2D eigenvalue weighted by molar-refractivity contribution is 6.07. The first-order valence-corrected chi connectivity index (χ1v) is 8.75. The van der Waals surface area contributed by atoms with E-state index in [0.717, 1.165) is 25.0 Å². The molecule has 134 valence electrons. The minimum atomic E-state index is -0.284. The van der Waals surface area contributed by atoms with E-state index in [9.17, 15) is 9.59 Å². The Labute approximate surface area is 153 Å². The summed E-state index contributed by atoms with van der Waals surface area (Å²) in [7, 11) is 0. The van der Waals surface area contributed by atoms with Crippen LogP contribution in [0.5, 0.6) is 0 Å². The van der Waals surface area contributed by atoms with Gasteiger partial charge in [-0.05, 0) is 36.6 Å². The van der Waals surface area contributed by atoms with Crippen LogP contribution < -0.4 is 10.6 Å². The van der Waals surface area contributed by atoms with Gasteiger partial charge in [0.2, 0.25) is 5.91 Å². The number of amides is 2. The van der Waals surface area contributed by atoms with Crippen molar-refractivity contribution in [2.75, 3.05) is 18.5 Å². The molecule has 2 amide bonds. The fourth-order valence-corrected chi connectivity index (χ4v) is 2.81. The van der Waals surface area contributed by atoms with Crippen molar-refractivity contribution in [3.8, 4) is 0 Å². The molecule has 2 aromatic rings. The molecule has 0 unspecified atom stereocenters. The third-order valence-corrected chi connectivity index (χ3v) is 4.17. The zero-order valence-corrected chi connectivity index (χ0v) is 14.5. The lowest BCUT2D eigenvalue weighted by Crippen LogP contribution is -2.32. The SMILES string of the molecule is O=C(/C=C/c1ccccc1)Nc1ccccc1C(=O)NC[C@H]1CCCO1. The molecule has 0 aliphatic carbocycles. The van der Waals surface area contributed by atoms with Crippen molar-refractivity contribution in [3.63, 3.8) is 0 Å². The Morgan fingerprint density at radius 1 is 1.08 bits per heavy atom. The zero-order chi connectivity index (χ0) is 18.2. The predicted octanol–water partition coefficient (Wildman–Crippen LogP) is 3.25. The van der Waals surface area contributed by atoms with Gasteiger partial charge >= 0.3 is 0 Å². The Balaban J connectivity index is 1.61. The first kappa shape index (κ1) is 17.9. The Morgan fingerprint density at radius 3 is 2.62 bits per heavy atom. The number of anilines is 1. The van der Waals surface area contributed by atoms with Crippen molar-refractivity contribution in [2.24, 2.45) is 0 Å². The molecule has 0 saturated carbocycles. The lowest BCUT2D eigenvalue weighted by atomic mass is 10.1. The number of rotatable bonds is 6. The molecule has 0 radical (unpaired) electrons. The molecule has 1 aliphatic rings. The summed E-state index contributed by atoms with van der Waals surface area (Å²) in [5, 5.41) is 5.65. The quantitative estimate of drug-likeness (QED) is 0.786. The molecular weight excluding hydrogens is 328 g/mol. The second-order valence-electron chi connectivity index (χ2n) is 6.12.